The molecule has 0 amide bonds. The van der Waals surface area contributed by atoms with Crippen molar-refractivity contribution in [3.05, 3.63) is 36.5 Å². The maximum absolute atomic E-state index is 12.7. The molecule has 0 spiro atoms. The number of carbonyl (C=O) groups is 2. The van der Waals surface area contributed by atoms with Gasteiger partial charge in [-0.25, -0.2) is 19.2 Å². The van der Waals surface area contributed by atoms with Gasteiger partial charge in [-0.1, -0.05) is 140 Å². The lowest BCUT2D eigenvalue weighted by atomic mass is 9.89. The van der Waals surface area contributed by atoms with Gasteiger partial charge in [-0.2, -0.15) is 0 Å². The summed E-state index contributed by atoms with van der Waals surface area (Å²) in [5.41, 5.74) is 5.35. The second-order valence-electron chi connectivity index (χ2n) is 15.4. The quantitative estimate of drug-likeness (QED) is 0.0134. The molecule has 7 atom stereocenters. The molecular weight excluding hydrogens is 753 g/mol. The Labute approximate surface area is 342 Å². The third kappa shape index (κ3) is 24.7. The molecule has 2 bridgehead atoms. The smallest absolute Gasteiger partial charge is 0.462 e. The molecule has 2 aliphatic rings. The maximum Gasteiger partial charge on any atom is 0.472 e. The third-order valence-electron chi connectivity index (χ3n) is 10.5. The molecule has 14 heteroatoms. The third-order valence-corrected chi connectivity index (χ3v) is 11.4. The monoisotopic (exact) mass is 830 g/mol. The topological polar surface area (TPSA) is 182 Å². The fraction of sp³-hybridized carbons (Fsp3) is 0.814. The lowest BCUT2D eigenvalue weighted by Gasteiger charge is -2.27. The molecule has 0 radical (unpaired) electrons. The second-order valence-corrected chi connectivity index (χ2v) is 16.8. The van der Waals surface area contributed by atoms with Crippen molar-refractivity contribution in [1.29, 1.82) is 0 Å². The Morgan fingerprint density at radius 2 is 1.42 bits per heavy atom. The van der Waals surface area contributed by atoms with Gasteiger partial charge in [0, 0.05) is 37.6 Å². The zero-order valence-electron chi connectivity index (χ0n) is 35.0. The molecule has 0 aromatic carbocycles. The van der Waals surface area contributed by atoms with E-state index in [1.54, 1.807) is 0 Å². The molecule has 2 rings (SSSR count). The molecule has 1 saturated heterocycles. The first kappa shape index (κ1) is 51.2. The minimum absolute atomic E-state index is 0.00925. The molecule has 0 aromatic rings. The van der Waals surface area contributed by atoms with Crippen molar-refractivity contribution in [2.75, 3.05) is 26.4 Å². The van der Waals surface area contributed by atoms with Gasteiger partial charge in [0.2, 0.25) is 0 Å². The van der Waals surface area contributed by atoms with E-state index in [1.165, 1.54) is 70.6 Å². The van der Waals surface area contributed by atoms with E-state index >= 15 is 0 Å². The Bertz CT molecular complexity index is 1180. The van der Waals surface area contributed by atoms with Crippen LogP contribution in [-0.2, 0) is 47.3 Å². The summed E-state index contributed by atoms with van der Waals surface area (Å²) in [5.74, 6) is -0.614. The van der Waals surface area contributed by atoms with Gasteiger partial charge in [0.05, 0.1) is 19.3 Å². The van der Waals surface area contributed by atoms with Gasteiger partial charge in [0.25, 0.3) is 0 Å². The first-order valence-corrected chi connectivity index (χ1v) is 23.5. The SMILES string of the molecule is CC/C=C\CC(/C=C/C1C2CC(OO2)C1C/C=C\CCCC(=O)OC(COC(=O)CCCCCCCCCCCCCCCCC)COP(=O)(O)OCCN)OO. The summed E-state index contributed by atoms with van der Waals surface area (Å²) < 4.78 is 32.9. The van der Waals surface area contributed by atoms with Gasteiger partial charge in [-0.3, -0.25) is 23.9 Å². The van der Waals surface area contributed by atoms with Crippen LogP contribution in [0, 0.1) is 11.8 Å². The Balaban J connectivity index is 1.68. The van der Waals surface area contributed by atoms with Crippen LogP contribution >= 0.6 is 7.82 Å². The van der Waals surface area contributed by atoms with Crippen LogP contribution in [0.15, 0.2) is 36.5 Å². The highest BCUT2D eigenvalue weighted by Gasteiger charge is 2.49. The molecule has 330 valence electrons. The maximum atomic E-state index is 12.7. The molecule has 0 aromatic heterocycles. The first-order chi connectivity index (χ1) is 27.7. The highest BCUT2D eigenvalue weighted by atomic mass is 31.2. The van der Waals surface area contributed by atoms with Crippen molar-refractivity contribution in [2.45, 2.75) is 186 Å². The van der Waals surface area contributed by atoms with Crippen LogP contribution in [0.25, 0.3) is 0 Å². The number of ether oxygens (including phenoxy) is 2. The van der Waals surface area contributed by atoms with Crippen LogP contribution in [0.4, 0.5) is 0 Å². The van der Waals surface area contributed by atoms with Crippen molar-refractivity contribution in [3.8, 4) is 0 Å². The van der Waals surface area contributed by atoms with Gasteiger partial charge in [-0.05, 0) is 38.5 Å². The minimum Gasteiger partial charge on any atom is -0.462 e. The summed E-state index contributed by atoms with van der Waals surface area (Å²) in [6, 6.07) is 0. The Kier molecular flexibility index (Phi) is 29.5. The first-order valence-electron chi connectivity index (χ1n) is 22.0. The lowest BCUT2D eigenvalue weighted by Crippen LogP contribution is -2.29. The molecule has 1 saturated carbocycles. The molecule has 1 aliphatic heterocycles. The number of carbonyl (C=O) groups excluding carboxylic acids is 2. The summed E-state index contributed by atoms with van der Waals surface area (Å²) in [5, 5.41) is 9.30. The summed E-state index contributed by atoms with van der Waals surface area (Å²) in [4.78, 5) is 50.8. The molecule has 13 nitrogen and oxygen atoms in total. The van der Waals surface area contributed by atoms with Crippen LogP contribution in [0.2, 0.25) is 0 Å². The van der Waals surface area contributed by atoms with Crippen LogP contribution in [0.5, 0.6) is 0 Å². The van der Waals surface area contributed by atoms with Crippen molar-refractivity contribution >= 4 is 19.8 Å². The number of phosphoric ester groups is 1. The normalized spacial score (nSPS) is 21.5. The van der Waals surface area contributed by atoms with Crippen LogP contribution in [-0.4, -0.2) is 72.9 Å². The zero-order chi connectivity index (χ0) is 41.4. The molecule has 1 heterocycles. The molecule has 4 N–H and O–H groups in total. The number of hydrogen-bond acceptors (Lipinski definition) is 12. The van der Waals surface area contributed by atoms with E-state index in [1.807, 2.05) is 24.3 Å². The van der Waals surface area contributed by atoms with Crippen molar-refractivity contribution in [1.82, 2.24) is 0 Å². The van der Waals surface area contributed by atoms with Crippen molar-refractivity contribution in [2.24, 2.45) is 17.6 Å². The number of phosphoric acid groups is 1. The summed E-state index contributed by atoms with van der Waals surface area (Å²) >= 11 is 0. The predicted molar refractivity (Wildman–Crippen MR) is 221 cm³/mol. The molecular formula is C43H76NO12P. The minimum atomic E-state index is -4.43. The van der Waals surface area contributed by atoms with Gasteiger partial charge >= 0.3 is 19.8 Å². The Hall–Kier alpha value is -1.93. The number of fused-ring (bicyclic) bond motifs is 2. The van der Waals surface area contributed by atoms with Gasteiger partial charge in [0.1, 0.15) is 18.8 Å². The standard InChI is InChI=1S/C43H76NO12P/c1-3-5-7-8-9-10-11-12-13-14-15-16-17-18-23-27-42(45)50-34-37(35-52-57(48,49)51-32-31-44)53-43(46)28-24-20-19-22-26-38-39(41-33-40(38)55-56-41)30-29-36(54-47)25-21-6-4-2/h6,19,21-22,29-30,36-41,47H,3-5,7-18,20,23-28,31-35,44H2,1-2H3,(H,48,49)/b21-6-,22-19-,30-29+. The molecule has 1 aliphatic carbocycles. The van der Waals surface area contributed by atoms with Gasteiger partial charge in [0.15, 0.2) is 6.10 Å². The van der Waals surface area contributed by atoms with E-state index in [9.17, 15) is 24.3 Å². The summed E-state index contributed by atoms with van der Waals surface area (Å²) in [6.07, 6.45) is 33.5. The lowest BCUT2D eigenvalue weighted by molar-refractivity contribution is -0.336. The van der Waals surface area contributed by atoms with Crippen molar-refractivity contribution in [3.63, 3.8) is 0 Å². The summed E-state index contributed by atoms with van der Waals surface area (Å²) in [6.45, 7) is 3.36. The number of esters is 2. The number of hydrogen-bond donors (Lipinski definition) is 3. The van der Waals surface area contributed by atoms with E-state index < -0.39 is 38.6 Å². The van der Waals surface area contributed by atoms with Gasteiger partial charge < -0.3 is 20.1 Å². The fourth-order valence-electron chi connectivity index (χ4n) is 7.20. The Morgan fingerprint density at radius 1 is 0.789 bits per heavy atom. The predicted octanol–water partition coefficient (Wildman–Crippen LogP) is 10.0. The van der Waals surface area contributed by atoms with E-state index in [-0.39, 0.29) is 56.6 Å². The molecule has 57 heavy (non-hydrogen) atoms. The number of unbranched alkanes of at least 4 members (excludes halogenated alkanes) is 15. The molecule has 7 unspecified atom stereocenters. The van der Waals surface area contributed by atoms with Crippen LogP contribution in [0.3, 0.4) is 0 Å². The highest BCUT2D eigenvalue weighted by Crippen LogP contribution is 2.45. The number of nitrogens with two attached hydrogens (primary N) is 1. The Morgan fingerprint density at radius 3 is 2.05 bits per heavy atom. The number of allylic oxidation sites excluding steroid dienone is 3. The summed E-state index contributed by atoms with van der Waals surface area (Å²) in [7, 11) is -4.43. The fourth-order valence-corrected chi connectivity index (χ4v) is 7.97. The average molecular weight is 830 g/mol. The highest BCUT2D eigenvalue weighted by molar-refractivity contribution is 7.47. The van der Waals surface area contributed by atoms with E-state index in [0.717, 1.165) is 38.5 Å². The van der Waals surface area contributed by atoms with E-state index in [4.69, 9.17) is 34.0 Å². The largest absolute Gasteiger partial charge is 0.472 e. The second kappa shape index (κ2) is 32.9. The van der Waals surface area contributed by atoms with Crippen LogP contribution < -0.4 is 5.73 Å². The van der Waals surface area contributed by atoms with E-state index in [0.29, 0.717) is 25.7 Å². The van der Waals surface area contributed by atoms with Gasteiger partial charge in [-0.15, -0.1) is 0 Å². The zero-order valence-corrected chi connectivity index (χ0v) is 35.9. The number of rotatable bonds is 37. The molecule has 2 fully saturated rings. The van der Waals surface area contributed by atoms with Crippen molar-refractivity contribution < 1.29 is 57.5 Å². The van der Waals surface area contributed by atoms with Crippen LogP contribution in [0.1, 0.15) is 162 Å². The average Bonchev–Trinajstić information content (AvgIpc) is 3.81. The van der Waals surface area contributed by atoms with E-state index in [2.05, 4.69) is 30.9 Å².